The van der Waals surface area contributed by atoms with E-state index >= 15 is 0 Å². The Morgan fingerprint density at radius 2 is 1.79 bits per heavy atom. The van der Waals surface area contributed by atoms with Gasteiger partial charge in [-0.15, -0.1) is 0 Å². The first-order chi connectivity index (χ1) is 13.3. The molecule has 0 bridgehead atoms. The standard InChI is InChI=1S/C19H19NO7S/c1-28(23,24)17-9-5-2-6-14(17)19(22)26-12-18(21)20-10-13-11-25-15-7-3-4-8-16(15)27-13/h2-9,13H,10-12H2,1H3,(H,20,21). The van der Waals surface area contributed by atoms with Crippen molar-refractivity contribution >= 4 is 21.7 Å². The lowest BCUT2D eigenvalue weighted by Crippen LogP contribution is -2.42. The maximum absolute atomic E-state index is 12.1. The van der Waals surface area contributed by atoms with Gasteiger partial charge < -0.3 is 19.5 Å². The molecule has 2 aromatic rings. The molecule has 0 aromatic heterocycles. The largest absolute Gasteiger partial charge is 0.486 e. The fraction of sp³-hybridized carbons (Fsp3) is 0.263. The molecule has 148 valence electrons. The van der Waals surface area contributed by atoms with Gasteiger partial charge in [0, 0.05) is 6.26 Å². The molecule has 1 amide bonds. The summed E-state index contributed by atoms with van der Waals surface area (Å²) in [5.74, 6) is -0.185. The average Bonchev–Trinajstić information content (AvgIpc) is 2.69. The first-order valence-electron chi connectivity index (χ1n) is 8.46. The summed E-state index contributed by atoms with van der Waals surface area (Å²) in [7, 11) is -3.60. The number of sulfone groups is 1. The molecule has 1 heterocycles. The topological polar surface area (TPSA) is 108 Å². The number of nitrogens with one attached hydrogen (secondary N) is 1. The highest BCUT2D eigenvalue weighted by molar-refractivity contribution is 7.90. The maximum Gasteiger partial charge on any atom is 0.339 e. The number of fused-ring (bicyclic) bond motifs is 1. The number of hydrogen-bond acceptors (Lipinski definition) is 7. The maximum atomic E-state index is 12.1. The Hall–Kier alpha value is -3.07. The average molecular weight is 405 g/mol. The Bertz CT molecular complexity index is 987. The van der Waals surface area contributed by atoms with Gasteiger partial charge >= 0.3 is 5.97 Å². The predicted molar refractivity (Wildman–Crippen MR) is 99.2 cm³/mol. The summed E-state index contributed by atoms with van der Waals surface area (Å²) >= 11 is 0. The highest BCUT2D eigenvalue weighted by Gasteiger charge is 2.22. The second-order valence-electron chi connectivity index (χ2n) is 6.15. The van der Waals surface area contributed by atoms with Gasteiger partial charge in [0.1, 0.15) is 12.7 Å². The summed E-state index contributed by atoms with van der Waals surface area (Å²) in [5, 5.41) is 2.60. The minimum atomic E-state index is -3.60. The number of esters is 1. The molecule has 0 aliphatic carbocycles. The normalized spacial score (nSPS) is 15.5. The van der Waals surface area contributed by atoms with Gasteiger partial charge in [-0.25, -0.2) is 13.2 Å². The zero-order chi connectivity index (χ0) is 20.1. The summed E-state index contributed by atoms with van der Waals surface area (Å²) in [6.45, 7) is -0.0927. The molecule has 28 heavy (non-hydrogen) atoms. The van der Waals surface area contributed by atoms with E-state index in [1.807, 2.05) is 12.1 Å². The van der Waals surface area contributed by atoms with Gasteiger partial charge in [-0.2, -0.15) is 0 Å². The first-order valence-corrected chi connectivity index (χ1v) is 10.3. The lowest BCUT2D eigenvalue weighted by atomic mass is 10.2. The first kappa shape index (κ1) is 19.7. The van der Waals surface area contributed by atoms with E-state index in [1.54, 1.807) is 12.1 Å². The number of carbonyl (C=O) groups is 2. The van der Waals surface area contributed by atoms with Crippen LogP contribution in [0.15, 0.2) is 53.4 Å². The molecular formula is C19H19NO7S. The van der Waals surface area contributed by atoms with E-state index in [2.05, 4.69) is 5.32 Å². The molecule has 1 unspecified atom stereocenters. The van der Waals surface area contributed by atoms with E-state index in [4.69, 9.17) is 14.2 Å². The highest BCUT2D eigenvalue weighted by Crippen LogP contribution is 2.30. The van der Waals surface area contributed by atoms with Crippen LogP contribution in [0.2, 0.25) is 0 Å². The zero-order valence-corrected chi connectivity index (χ0v) is 15.9. The highest BCUT2D eigenvalue weighted by atomic mass is 32.2. The van der Waals surface area contributed by atoms with Crippen molar-refractivity contribution in [3.05, 3.63) is 54.1 Å². The second-order valence-corrected chi connectivity index (χ2v) is 8.13. The van der Waals surface area contributed by atoms with Gasteiger partial charge in [0.2, 0.25) is 0 Å². The number of rotatable bonds is 6. The van der Waals surface area contributed by atoms with Crippen molar-refractivity contribution in [1.82, 2.24) is 5.32 Å². The summed E-state index contributed by atoms with van der Waals surface area (Å²) in [5.41, 5.74) is -0.113. The van der Waals surface area contributed by atoms with Crippen LogP contribution in [0.1, 0.15) is 10.4 Å². The number of para-hydroxylation sites is 2. The van der Waals surface area contributed by atoms with Crippen molar-refractivity contribution in [3.8, 4) is 11.5 Å². The molecular weight excluding hydrogens is 386 g/mol. The van der Waals surface area contributed by atoms with E-state index in [0.29, 0.717) is 11.5 Å². The van der Waals surface area contributed by atoms with Crippen molar-refractivity contribution in [2.24, 2.45) is 0 Å². The second kappa shape index (κ2) is 8.30. The minimum absolute atomic E-state index is 0.113. The number of amides is 1. The summed E-state index contributed by atoms with van der Waals surface area (Å²) in [6.07, 6.45) is 0.622. The third-order valence-electron chi connectivity index (χ3n) is 3.94. The van der Waals surface area contributed by atoms with Crippen LogP contribution in [0.25, 0.3) is 0 Å². The Morgan fingerprint density at radius 3 is 2.54 bits per heavy atom. The molecule has 1 aliphatic rings. The Morgan fingerprint density at radius 1 is 1.11 bits per heavy atom. The van der Waals surface area contributed by atoms with Gasteiger partial charge in [-0.05, 0) is 24.3 Å². The third kappa shape index (κ3) is 4.80. The third-order valence-corrected chi connectivity index (χ3v) is 5.09. The van der Waals surface area contributed by atoms with Crippen LogP contribution in [0.3, 0.4) is 0 Å². The molecule has 1 atom stereocenters. The monoisotopic (exact) mass is 405 g/mol. The summed E-state index contributed by atoms with van der Waals surface area (Å²) in [4.78, 5) is 23.9. The molecule has 0 saturated carbocycles. The van der Waals surface area contributed by atoms with Crippen LogP contribution >= 0.6 is 0 Å². The molecule has 0 saturated heterocycles. The number of hydrogen-bond donors (Lipinski definition) is 1. The van der Waals surface area contributed by atoms with E-state index in [0.717, 1.165) is 6.26 Å². The Kier molecular flexibility index (Phi) is 5.84. The molecule has 0 spiro atoms. The summed E-state index contributed by atoms with van der Waals surface area (Å²) < 4.78 is 39.7. The van der Waals surface area contributed by atoms with Crippen LogP contribution in [0.5, 0.6) is 11.5 Å². The molecule has 0 radical (unpaired) electrons. The predicted octanol–water partition coefficient (Wildman–Crippen LogP) is 1.20. The number of ether oxygens (including phenoxy) is 3. The number of carbonyl (C=O) groups excluding carboxylic acids is 2. The van der Waals surface area contributed by atoms with Gasteiger partial charge in [-0.3, -0.25) is 4.79 Å². The fourth-order valence-electron chi connectivity index (χ4n) is 2.61. The number of benzene rings is 2. The molecule has 1 N–H and O–H groups in total. The lowest BCUT2D eigenvalue weighted by Gasteiger charge is -2.26. The van der Waals surface area contributed by atoms with E-state index < -0.39 is 28.3 Å². The van der Waals surface area contributed by atoms with E-state index in [-0.39, 0.29) is 29.7 Å². The summed E-state index contributed by atoms with van der Waals surface area (Å²) in [6, 6.07) is 12.9. The Labute approximate surface area is 162 Å². The van der Waals surface area contributed by atoms with Crippen LogP contribution in [0.4, 0.5) is 0 Å². The smallest absolute Gasteiger partial charge is 0.339 e. The lowest BCUT2D eigenvalue weighted by molar-refractivity contribution is -0.124. The molecule has 8 nitrogen and oxygen atoms in total. The van der Waals surface area contributed by atoms with Crippen LogP contribution < -0.4 is 14.8 Å². The minimum Gasteiger partial charge on any atom is -0.486 e. The quantitative estimate of drug-likeness (QED) is 0.720. The van der Waals surface area contributed by atoms with E-state index in [1.165, 1.54) is 24.3 Å². The van der Waals surface area contributed by atoms with E-state index in [9.17, 15) is 18.0 Å². The molecule has 3 rings (SSSR count). The Balaban J connectivity index is 1.50. The van der Waals surface area contributed by atoms with Crippen molar-refractivity contribution in [3.63, 3.8) is 0 Å². The fourth-order valence-corrected chi connectivity index (χ4v) is 3.49. The van der Waals surface area contributed by atoms with Crippen LogP contribution in [-0.4, -0.2) is 52.4 Å². The molecule has 1 aliphatic heterocycles. The van der Waals surface area contributed by atoms with Crippen LogP contribution in [-0.2, 0) is 19.4 Å². The molecule has 9 heteroatoms. The van der Waals surface area contributed by atoms with Gasteiger partial charge in [0.25, 0.3) is 5.91 Å². The van der Waals surface area contributed by atoms with Crippen molar-refractivity contribution in [2.75, 3.05) is 26.0 Å². The zero-order valence-electron chi connectivity index (χ0n) is 15.1. The van der Waals surface area contributed by atoms with Gasteiger partial charge in [0.15, 0.2) is 27.9 Å². The van der Waals surface area contributed by atoms with Gasteiger partial charge in [-0.1, -0.05) is 24.3 Å². The van der Waals surface area contributed by atoms with Crippen molar-refractivity contribution < 1.29 is 32.2 Å². The van der Waals surface area contributed by atoms with Crippen molar-refractivity contribution in [2.45, 2.75) is 11.0 Å². The van der Waals surface area contributed by atoms with Crippen molar-refractivity contribution in [1.29, 1.82) is 0 Å². The van der Waals surface area contributed by atoms with Gasteiger partial charge in [0.05, 0.1) is 17.0 Å². The molecule has 2 aromatic carbocycles. The SMILES string of the molecule is CS(=O)(=O)c1ccccc1C(=O)OCC(=O)NCC1COc2ccccc2O1. The van der Waals surface area contributed by atoms with Crippen LogP contribution in [0, 0.1) is 0 Å². The molecule has 0 fully saturated rings.